The Balaban J connectivity index is -0.0000000817. The summed E-state index contributed by atoms with van der Waals surface area (Å²) in [5.41, 5.74) is 0. The van der Waals surface area contributed by atoms with Gasteiger partial charge in [-0.15, -0.1) is 0 Å². The molecule has 7 N–H and O–H groups in total. The molecular formula is C3H7NO6Ti. The van der Waals surface area contributed by atoms with Crippen LogP contribution in [0, 0.1) is 0 Å². The van der Waals surface area contributed by atoms with Gasteiger partial charge in [0, 0.05) is 21.7 Å². The van der Waals surface area contributed by atoms with Gasteiger partial charge in [-0.3, -0.25) is 4.79 Å². The van der Waals surface area contributed by atoms with E-state index in [1.807, 2.05) is 0 Å². The average molecular weight is 201 g/mol. The van der Waals surface area contributed by atoms with Crippen LogP contribution in [-0.2, 0) is 36.1 Å². The van der Waals surface area contributed by atoms with E-state index >= 15 is 0 Å². The molecule has 0 heterocycles. The number of rotatable bonds is 2. The van der Waals surface area contributed by atoms with E-state index in [0.717, 1.165) is 0 Å². The third-order valence-electron chi connectivity index (χ3n) is 0.388. The summed E-state index contributed by atoms with van der Waals surface area (Å²) in [6.07, 6.45) is 0. The maximum atomic E-state index is 9.64. The molecule has 0 bridgehead atoms. The number of carboxylic acid groups (broad SMARTS) is 2. The van der Waals surface area contributed by atoms with Gasteiger partial charge in [-0.1, -0.05) is 0 Å². The summed E-state index contributed by atoms with van der Waals surface area (Å²) >= 11 is 0. The van der Waals surface area contributed by atoms with Crippen molar-refractivity contribution in [3.63, 3.8) is 0 Å². The number of carbonyl (C=O) groups is 3. The van der Waals surface area contributed by atoms with Crippen LogP contribution in [0.15, 0.2) is 0 Å². The predicted octanol–water partition coefficient (Wildman–Crippen LogP) is -1.94. The Kier molecular flexibility index (Phi) is 18.9. The van der Waals surface area contributed by atoms with Gasteiger partial charge in [0.25, 0.3) is 0 Å². The fourth-order valence-corrected chi connectivity index (χ4v) is 0.0915. The van der Waals surface area contributed by atoms with E-state index in [2.05, 4.69) is 0 Å². The summed E-state index contributed by atoms with van der Waals surface area (Å²) in [5, 5.41) is 15.2. The molecule has 0 rings (SSSR count). The topological polar surface area (TPSA) is 158 Å². The van der Waals surface area contributed by atoms with Crippen molar-refractivity contribution < 1.29 is 51.8 Å². The fraction of sp³-hybridized carbons (Fsp3) is 0. The van der Waals surface area contributed by atoms with Crippen molar-refractivity contribution in [2.75, 3.05) is 0 Å². The molecule has 0 fully saturated rings. The Morgan fingerprint density at radius 1 is 0.909 bits per heavy atom. The van der Waals surface area contributed by atoms with E-state index in [9.17, 15) is 14.4 Å². The first-order valence-corrected chi connectivity index (χ1v) is 1.56. The molecule has 0 aliphatic heterocycles. The molecule has 0 saturated heterocycles. The second-order valence-corrected chi connectivity index (χ2v) is 0.939. The number of aliphatic carboxylic acids is 2. The Labute approximate surface area is 76.2 Å². The number of carboxylic acids is 2. The molecule has 8 heteroatoms. The molecule has 0 aromatic rings. The van der Waals surface area contributed by atoms with Crippen LogP contribution in [0.3, 0.4) is 0 Å². The number of hydrogen-bond acceptors (Lipinski definition) is 4. The smallest absolute Gasteiger partial charge is 0.384 e. The van der Waals surface area contributed by atoms with Crippen LogP contribution in [-0.4, -0.2) is 33.4 Å². The molecule has 7 nitrogen and oxygen atoms in total. The van der Waals surface area contributed by atoms with Gasteiger partial charge in [-0.05, 0) is 0 Å². The Hall–Kier alpha value is -0.756. The fourth-order valence-electron chi connectivity index (χ4n) is 0.0915. The summed E-state index contributed by atoms with van der Waals surface area (Å²) in [4.78, 5) is 28.5. The molecular weight excluding hydrogens is 194 g/mol. The molecule has 0 saturated carbocycles. The van der Waals surface area contributed by atoms with Gasteiger partial charge in [-0.25, -0.2) is 9.59 Å². The van der Waals surface area contributed by atoms with Gasteiger partial charge in [-0.2, -0.15) is 0 Å². The van der Waals surface area contributed by atoms with Crippen molar-refractivity contribution in [2.45, 2.75) is 0 Å². The van der Waals surface area contributed by atoms with E-state index in [1.165, 1.54) is 0 Å². The maximum absolute atomic E-state index is 9.64. The zero-order valence-electron chi connectivity index (χ0n) is 5.33. The quantitative estimate of drug-likeness (QED) is 0.267. The van der Waals surface area contributed by atoms with Crippen LogP contribution in [0.4, 0.5) is 0 Å². The predicted molar refractivity (Wildman–Crippen MR) is 28.9 cm³/mol. The van der Waals surface area contributed by atoms with Gasteiger partial charge in [0.05, 0.1) is 0 Å². The van der Waals surface area contributed by atoms with Crippen molar-refractivity contribution in [3.05, 3.63) is 0 Å². The second kappa shape index (κ2) is 9.24. The monoisotopic (exact) mass is 201 g/mol. The van der Waals surface area contributed by atoms with Crippen LogP contribution < -0.4 is 6.15 Å². The molecule has 64 valence electrons. The van der Waals surface area contributed by atoms with Crippen molar-refractivity contribution in [2.24, 2.45) is 0 Å². The van der Waals surface area contributed by atoms with Gasteiger partial charge in [0.15, 0.2) is 0 Å². The third-order valence-corrected chi connectivity index (χ3v) is 0.388. The molecule has 0 aromatic heterocycles. The Morgan fingerprint density at radius 2 is 1.09 bits per heavy atom. The van der Waals surface area contributed by atoms with Gasteiger partial charge in [0.2, 0.25) is 0 Å². The SMILES string of the molecule is N.O.O=C(O)C(=O)C(=O)O.[Ti]. The van der Waals surface area contributed by atoms with Crippen LogP contribution in [0.5, 0.6) is 0 Å². The van der Waals surface area contributed by atoms with Crippen LogP contribution >= 0.6 is 0 Å². The maximum Gasteiger partial charge on any atom is 0.384 e. The van der Waals surface area contributed by atoms with Gasteiger partial charge < -0.3 is 21.8 Å². The summed E-state index contributed by atoms with van der Waals surface area (Å²) in [6, 6.07) is 0. The minimum atomic E-state index is -1.95. The molecule has 0 amide bonds. The second-order valence-electron chi connectivity index (χ2n) is 0.939. The summed E-state index contributed by atoms with van der Waals surface area (Å²) in [6.45, 7) is 0. The molecule has 0 unspecified atom stereocenters. The first-order chi connectivity index (χ1) is 3.55. The van der Waals surface area contributed by atoms with E-state index in [-0.39, 0.29) is 33.3 Å². The number of hydrogen-bond donors (Lipinski definition) is 3. The first kappa shape index (κ1) is 22.5. The van der Waals surface area contributed by atoms with E-state index in [4.69, 9.17) is 10.2 Å². The molecule has 0 atom stereocenters. The third kappa shape index (κ3) is 9.24. The van der Waals surface area contributed by atoms with E-state index < -0.39 is 17.7 Å². The molecule has 0 aromatic carbocycles. The largest absolute Gasteiger partial charge is 0.475 e. The zero-order chi connectivity index (χ0) is 6.73. The minimum Gasteiger partial charge on any atom is -0.475 e. The van der Waals surface area contributed by atoms with E-state index in [0.29, 0.717) is 0 Å². The number of ketones is 1. The number of Topliss-reactive ketones (excluding diaryl/α,β-unsaturated/α-hetero) is 1. The van der Waals surface area contributed by atoms with Crippen LogP contribution in [0.1, 0.15) is 0 Å². The van der Waals surface area contributed by atoms with Crippen molar-refractivity contribution in [3.8, 4) is 0 Å². The van der Waals surface area contributed by atoms with Gasteiger partial charge >= 0.3 is 17.7 Å². The molecule has 0 aliphatic carbocycles. The normalized spacial score (nSPS) is 5.82. The molecule has 11 heavy (non-hydrogen) atoms. The number of carbonyl (C=O) groups excluding carboxylic acids is 1. The standard InChI is InChI=1S/C3H2O5.H3N.H2O.Ti/c4-1(2(5)6)3(7)8;;;/h(H,5,6)(H,7,8);1H3;1H2;. The Bertz CT molecular complexity index is 140. The molecule has 0 radical (unpaired) electrons. The average Bonchev–Trinajstić information content (AvgIpc) is 1.64. The first-order valence-electron chi connectivity index (χ1n) is 1.56. The summed E-state index contributed by atoms with van der Waals surface area (Å²) < 4.78 is 0. The molecule has 0 spiro atoms. The minimum absolute atomic E-state index is 0. The summed E-state index contributed by atoms with van der Waals surface area (Å²) in [5.74, 6) is -5.71. The zero-order valence-corrected chi connectivity index (χ0v) is 6.89. The van der Waals surface area contributed by atoms with Gasteiger partial charge in [0.1, 0.15) is 0 Å². The summed E-state index contributed by atoms with van der Waals surface area (Å²) in [7, 11) is 0. The van der Waals surface area contributed by atoms with Crippen molar-refractivity contribution in [1.82, 2.24) is 6.15 Å². The van der Waals surface area contributed by atoms with Crippen molar-refractivity contribution >= 4 is 17.7 Å². The van der Waals surface area contributed by atoms with E-state index in [1.54, 1.807) is 0 Å². The van der Waals surface area contributed by atoms with Crippen molar-refractivity contribution in [1.29, 1.82) is 0 Å². The Morgan fingerprint density at radius 3 is 1.09 bits per heavy atom. The van der Waals surface area contributed by atoms with Crippen LogP contribution in [0.2, 0.25) is 0 Å². The molecule has 0 aliphatic rings. The van der Waals surface area contributed by atoms with Crippen LogP contribution in [0.25, 0.3) is 0 Å².